The highest BCUT2D eigenvalue weighted by Crippen LogP contribution is 2.13. The molecule has 0 unspecified atom stereocenters. The fraction of sp³-hybridized carbons (Fsp3) is 0.600. The van der Waals surface area contributed by atoms with Crippen molar-refractivity contribution in [2.75, 3.05) is 31.7 Å². The third kappa shape index (κ3) is 8.17. The summed E-state index contributed by atoms with van der Waals surface area (Å²) in [5.41, 5.74) is 1.34. The summed E-state index contributed by atoms with van der Waals surface area (Å²) >= 11 is 0. The van der Waals surface area contributed by atoms with Crippen molar-refractivity contribution in [3.05, 3.63) is 29.8 Å². The van der Waals surface area contributed by atoms with E-state index < -0.39 is 9.84 Å². The van der Waals surface area contributed by atoms with Crippen LogP contribution in [0.3, 0.4) is 0 Å². The average Bonchev–Trinajstić information content (AvgIpc) is 2.40. The van der Waals surface area contributed by atoms with Crippen molar-refractivity contribution >= 4 is 9.84 Å². The summed E-state index contributed by atoms with van der Waals surface area (Å²) in [4.78, 5) is 0. The molecular formula is C15H25NO3S. The van der Waals surface area contributed by atoms with Gasteiger partial charge in [0.15, 0.2) is 0 Å². The maximum Gasteiger partial charge on any atom is 0.148 e. The topological polar surface area (TPSA) is 55.4 Å². The Hall–Kier alpha value is -1.07. The first-order valence-electron chi connectivity index (χ1n) is 7.11. The van der Waals surface area contributed by atoms with Crippen molar-refractivity contribution < 1.29 is 13.2 Å². The van der Waals surface area contributed by atoms with Gasteiger partial charge in [0, 0.05) is 19.3 Å². The molecule has 0 amide bonds. The Morgan fingerprint density at radius 1 is 1.15 bits per heavy atom. The minimum Gasteiger partial charge on any atom is -0.492 e. The number of benzene rings is 1. The van der Waals surface area contributed by atoms with Gasteiger partial charge < -0.3 is 10.1 Å². The van der Waals surface area contributed by atoms with E-state index in [1.807, 2.05) is 12.1 Å². The molecule has 0 radical (unpaired) electrons. The Kier molecular flexibility index (Phi) is 7.62. The summed E-state index contributed by atoms with van der Waals surface area (Å²) in [6.45, 7) is 3.84. The zero-order chi connectivity index (χ0) is 14.8. The summed E-state index contributed by atoms with van der Waals surface area (Å²) in [5.74, 6) is 1.02. The molecule has 0 spiro atoms. The normalized spacial score (nSPS) is 11.5. The molecule has 5 heteroatoms. The first kappa shape index (κ1) is 17.0. The maximum atomic E-state index is 10.9. The molecule has 0 heterocycles. The second kappa shape index (κ2) is 8.97. The smallest absolute Gasteiger partial charge is 0.148 e. The third-order valence-electron chi connectivity index (χ3n) is 2.94. The summed E-state index contributed by atoms with van der Waals surface area (Å²) < 4.78 is 27.4. The molecule has 0 atom stereocenters. The summed E-state index contributed by atoms with van der Waals surface area (Å²) in [6.07, 6.45) is 4.77. The van der Waals surface area contributed by atoms with Crippen LogP contribution < -0.4 is 10.1 Å². The monoisotopic (exact) mass is 299 g/mol. The SMILES string of the molecule is CCCCc1ccc(OCCNCCS(C)(=O)=O)cc1. The Morgan fingerprint density at radius 2 is 1.85 bits per heavy atom. The lowest BCUT2D eigenvalue weighted by atomic mass is 10.1. The summed E-state index contributed by atoms with van der Waals surface area (Å²) in [5, 5.41) is 3.05. The molecule has 1 rings (SSSR count). The third-order valence-corrected chi connectivity index (χ3v) is 3.89. The van der Waals surface area contributed by atoms with Gasteiger partial charge in [-0.1, -0.05) is 25.5 Å². The molecule has 0 bridgehead atoms. The predicted octanol–water partition coefficient (Wildman–Crippen LogP) is 2.04. The Morgan fingerprint density at radius 3 is 2.45 bits per heavy atom. The van der Waals surface area contributed by atoms with Gasteiger partial charge in [0.2, 0.25) is 0 Å². The van der Waals surface area contributed by atoms with E-state index in [2.05, 4.69) is 24.4 Å². The minimum atomic E-state index is -2.88. The number of sulfone groups is 1. The highest BCUT2D eigenvalue weighted by molar-refractivity contribution is 7.90. The van der Waals surface area contributed by atoms with E-state index in [0.29, 0.717) is 19.7 Å². The van der Waals surface area contributed by atoms with Crippen LogP contribution in [0.15, 0.2) is 24.3 Å². The van der Waals surface area contributed by atoms with E-state index in [9.17, 15) is 8.42 Å². The van der Waals surface area contributed by atoms with Crippen LogP contribution in [0.2, 0.25) is 0 Å². The van der Waals surface area contributed by atoms with Crippen LogP contribution in [0.25, 0.3) is 0 Å². The van der Waals surface area contributed by atoms with E-state index in [-0.39, 0.29) is 5.75 Å². The van der Waals surface area contributed by atoms with Crippen molar-refractivity contribution in [2.24, 2.45) is 0 Å². The Bertz CT molecular complexity index is 468. The van der Waals surface area contributed by atoms with Gasteiger partial charge in [-0.25, -0.2) is 8.42 Å². The van der Waals surface area contributed by atoms with Crippen LogP contribution in [0.1, 0.15) is 25.3 Å². The molecule has 0 aliphatic carbocycles. The highest BCUT2D eigenvalue weighted by atomic mass is 32.2. The Labute approximate surface area is 122 Å². The standard InChI is InChI=1S/C15H25NO3S/c1-3-4-5-14-6-8-15(9-7-14)19-12-10-16-11-13-20(2,17)18/h6-9,16H,3-5,10-13H2,1-2H3. The van der Waals surface area contributed by atoms with Gasteiger partial charge >= 0.3 is 0 Å². The lowest BCUT2D eigenvalue weighted by molar-refractivity contribution is 0.315. The summed E-state index contributed by atoms with van der Waals surface area (Å²) in [7, 11) is -2.88. The lowest BCUT2D eigenvalue weighted by Gasteiger charge is -2.08. The van der Waals surface area contributed by atoms with Crippen LogP contribution >= 0.6 is 0 Å². The van der Waals surface area contributed by atoms with E-state index in [1.54, 1.807) is 0 Å². The number of aryl methyl sites for hydroxylation is 1. The van der Waals surface area contributed by atoms with E-state index >= 15 is 0 Å². The highest BCUT2D eigenvalue weighted by Gasteiger charge is 2.00. The first-order chi connectivity index (χ1) is 9.51. The van der Waals surface area contributed by atoms with Gasteiger partial charge in [-0.05, 0) is 30.5 Å². The lowest BCUT2D eigenvalue weighted by Crippen LogP contribution is -2.26. The van der Waals surface area contributed by atoms with Crippen LogP contribution in [0.5, 0.6) is 5.75 Å². The molecule has 1 aromatic carbocycles. The molecule has 4 nitrogen and oxygen atoms in total. The Balaban J connectivity index is 2.16. The van der Waals surface area contributed by atoms with Crippen molar-refractivity contribution in [3.8, 4) is 5.75 Å². The van der Waals surface area contributed by atoms with Crippen molar-refractivity contribution in [3.63, 3.8) is 0 Å². The van der Waals surface area contributed by atoms with Gasteiger partial charge in [-0.2, -0.15) is 0 Å². The molecule has 0 aromatic heterocycles. The largest absolute Gasteiger partial charge is 0.492 e. The molecule has 20 heavy (non-hydrogen) atoms. The van der Waals surface area contributed by atoms with E-state index in [4.69, 9.17) is 4.74 Å². The van der Waals surface area contributed by atoms with Crippen LogP contribution in [-0.4, -0.2) is 40.1 Å². The minimum absolute atomic E-state index is 0.166. The van der Waals surface area contributed by atoms with Crippen LogP contribution in [0, 0.1) is 0 Å². The fourth-order valence-corrected chi connectivity index (χ4v) is 2.27. The summed E-state index contributed by atoms with van der Waals surface area (Å²) in [6, 6.07) is 8.17. The maximum absolute atomic E-state index is 10.9. The van der Waals surface area contributed by atoms with E-state index in [1.165, 1.54) is 24.7 Å². The molecule has 1 aromatic rings. The van der Waals surface area contributed by atoms with Crippen LogP contribution in [-0.2, 0) is 16.3 Å². The second-order valence-electron chi connectivity index (χ2n) is 4.98. The van der Waals surface area contributed by atoms with Gasteiger partial charge in [0.1, 0.15) is 22.2 Å². The molecule has 114 valence electrons. The van der Waals surface area contributed by atoms with Crippen molar-refractivity contribution in [1.82, 2.24) is 5.32 Å². The molecule has 0 aliphatic rings. The van der Waals surface area contributed by atoms with Crippen LogP contribution in [0.4, 0.5) is 0 Å². The molecular weight excluding hydrogens is 274 g/mol. The number of ether oxygens (including phenoxy) is 1. The quantitative estimate of drug-likeness (QED) is 0.672. The van der Waals surface area contributed by atoms with Crippen molar-refractivity contribution in [1.29, 1.82) is 0 Å². The molecule has 0 fully saturated rings. The number of nitrogens with one attached hydrogen (secondary N) is 1. The number of hydrogen-bond donors (Lipinski definition) is 1. The van der Waals surface area contributed by atoms with Crippen molar-refractivity contribution in [2.45, 2.75) is 26.2 Å². The zero-order valence-electron chi connectivity index (χ0n) is 12.4. The number of unbranched alkanes of at least 4 members (excludes halogenated alkanes) is 1. The van der Waals surface area contributed by atoms with Gasteiger partial charge in [-0.15, -0.1) is 0 Å². The molecule has 1 N–H and O–H groups in total. The van der Waals surface area contributed by atoms with Gasteiger partial charge in [0.05, 0.1) is 5.75 Å². The zero-order valence-corrected chi connectivity index (χ0v) is 13.2. The number of hydrogen-bond acceptors (Lipinski definition) is 4. The van der Waals surface area contributed by atoms with E-state index in [0.717, 1.165) is 12.2 Å². The van der Waals surface area contributed by atoms with Gasteiger partial charge in [-0.3, -0.25) is 0 Å². The number of rotatable bonds is 10. The fourth-order valence-electron chi connectivity index (χ4n) is 1.76. The average molecular weight is 299 g/mol. The molecule has 0 saturated carbocycles. The first-order valence-corrected chi connectivity index (χ1v) is 9.17. The predicted molar refractivity (Wildman–Crippen MR) is 83.1 cm³/mol. The van der Waals surface area contributed by atoms with Gasteiger partial charge in [0.25, 0.3) is 0 Å². The second-order valence-corrected chi connectivity index (χ2v) is 7.24. The molecule has 0 saturated heterocycles. The molecule has 0 aliphatic heterocycles.